The fourth-order valence-electron chi connectivity index (χ4n) is 1.87. The van der Waals surface area contributed by atoms with Crippen molar-refractivity contribution in [3.05, 3.63) is 46.7 Å². The molecule has 1 aromatic heterocycles. The maximum atomic E-state index is 12.9. The van der Waals surface area contributed by atoms with Gasteiger partial charge >= 0.3 is 0 Å². The number of aromatic nitrogens is 2. The van der Waals surface area contributed by atoms with Crippen LogP contribution >= 0.6 is 15.9 Å². The summed E-state index contributed by atoms with van der Waals surface area (Å²) in [6.07, 6.45) is 6.08. The Morgan fingerprint density at radius 2 is 2.28 bits per heavy atom. The van der Waals surface area contributed by atoms with E-state index >= 15 is 0 Å². The van der Waals surface area contributed by atoms with Crippen LogP contribution in [0.25, 0.3) is 0 Å². The SMILES string of the molecule is Fc1ccc(OCc2cncn2C2CC2)c(Br)c1. The molecule has 18 heavy (non-hydrogen) atoms. The monoisotopic (exact) mass is 310 g/mol. The molecule has 0 amide bonds. The van der Waals surface area contributed by atoms with Crippen molar-refractivity contribution in [3.63, 3.8) is 0 Å². The summed E-state index contributed by atoms with van der Waals surface area (Å²) in [7, 11) is 0. The average Bonchev–Trinajstić information content (AvgIpc) is 3.08. The van der Waals surface area contributed by atoms with Gasteiger partial charge in [-0.15, -0.1) is 0 Å². The van der Waals surface area contributed by atoms with E-state index in [2.05, 4.69) is 25.5 Å². The predicted octanol–water partition coefficient (Wildman–Crippen LogP) is 3.70. The number of ether oxygens (including phenoxy) is 1. The van der Waals surface area contributed by atoms with E-state index in [1.807, 2.05) is 12.5 Å². The molecular weight excluding hydrogens is 299 g/mol. The smallest absolute Gasteiger partial charge is 0.134 e. The number of hydrogen-bond acceptors (Lipinski definition) is 2. The van der Waals surface area contributed by atoms with Crippen molar-refractivity contribution >= 4 is 15.9 Å². The third kappa shape index (κ3) is 2.41. The minimum atomic E-state index is -0.280. The average molecular weight is 311 g/mol. The van der Waals surface area contributed by atoms with Crippen molar-refractivity contribution in [2.75, 3.05) is 0 Å². The highest BCUT2D eigenvalue weighted by Gasteiger charge is 2.25. The summed E-state index contributed by atoms with van der Waals surface area (Å²) in [6.45, 7) is 0.445. The molecule has 1 aliphatic rings. The highest BCUT2D eigenvalue weighted by atomic mass is 79.9. The van der Waals surface area contributed by atoms with Gasteiger partial charge in [-0.2, -0.15) is 0 Å². The van der Waals surface area contributed by atoms with Gasteiger partial charge in [-0.1, -0.05) is 0 Å². The molecule has 0 bridgehead atoms. The van der Waals surface area contributed by atoms with Crippen molar-refractivity contribution in [3.8, 4) is 5.75 Å². The molecule has 5 heteroatoms. The number of hydrogen-bond donors (Lipinski definition) is 0. The highest BCUT2D eigenvalue weighted by molar-refractivity contribution is 9.10. The molecule has 0 spiro atoms. The Labute approximate surface area is 113 Å². The molecule has 3 nitrogen and oxygen atoms in total. The quantitative estimate of drug-likeness (QED) is 0.861. The third-order valence-corrected chi connectivity index (χ3v) is 3.58. The van der Waals surface area contributed by atoms with Crippen LogP contribution in [-0.2, 0) is 6.61 Å². The Balaban J connectivity index is 1.71. The minimum absolute atomic E-state index is 0.280. The Morgan fingerprint density at radius 3 is 3.00 bits per heavy atom. The molecule has 0 radical (unpaired) electrons. The van der Waals surface area contributed by atoms with Gasteiger partial charge in [0.25, 0.3) is 0 Å². The maximum Gasteiger partial charge on any atom is 0.134 e. The molecule has 0 atom stereocenters. The molecule has 1 heterocycles. The summed E-state index contributed by atoms with van der Waals surface area (Å²) < 4.78 is 21.4. The fourth-order valence-corrected chi connectivity index (χ4v) is 2.33. The predicted molar refractivity (Wildman–Crippen MR) is 68.9 cm³/mol. The van der Waals surface area contributed by atoms with E-state index in [1.165, 1.54) is 25.0 Å². The zero-order chi connectivity index (χ0) is 12.5. The van der Waals surface area contributed by atoms with Crippen LogP contribution in [0.3, 0.4) is 0 Å². The Hall–Kier alpha value is -1.36. The van der Waals surface area contributed by atoms with Gasteiger partial charge in [0.1, 0.15) is 18.2 Å². The second-order valence-corrected chi connectivity index (χ2v) is 5.24. The van der Waals surface area contributed by atoms with Crippen LogP contribution in [0.4, 0.5) is 4.39 Å². The summed E-state index contributed by atoms with van der Waals surface area (Å²) in [5.74, 6) is 0.359. The number of nitrogens with zero attached hydrogens (tertiary/aromatic N) is 2. The zero-order valence-corrected chi connectivity index (χ0v) is 11.2. The van der Waals surface area contributed by atoms with Crippen LogP contribution in [0.15, 0.2) is 35.2 Å². The van der Waals surface area contributed by atoms with E-state index in [0.29, 0.717) is 22.9 Å². The van der Waals surface area contributed by atoms with E-state index in [0.717, 1.165) is 5.69 Å². The van der Waals surface area contributed by atoms with Crippen LogP contribution in [0.1, 0.15) is 24.6 Å². The largest absolute Gasteiger partial charge is 0.486 e. The van der Waals surface area contributed by atoms with Crippen molar-refractivity contribution in [2.24, 2.45) is 0 Å². The lowest BCUT2D eigenvalue weighted by molar-refractivity contribution is 0.292. The molecular formula is C13H12BrFN2O. The molecule has 1 aromatic carbocycles. The summed E-state index contributed by atoms with van der Waals surface area (Å²) in [5.41, 5.74) is 1.05. The first kappa shape index (κ1) is 11.7. The van der Waals surface area contributed by atoms with Gasteiger partial charge in [-0.05, 0) is 47.0 Å². The lowest BCUT2D eigenvalue weighted by Gasteiger charge is -2.10. The summed E-state index contributed by atoms with van der Waals surface area (Å²) in [5, 5.41) is 0. The normalized spacial score (nSPS) is 14.8. The third-order valence-electron chi connectivity index (χ3n) is 2.96. The molecule has 2 aromatic rings. The Bertz CT molecular complexity index is 566. The fraction of sp³-hybridized carbons (Fsp3) is 0.308. The van der Waals surface area contributed by atoms with Crippen molar-refractivity contribution in [1.82, 2.24) is 9.55 Å². The molecule has 0 saturated heterocycles. The summed E-state index contributed by atoms with van der Waals surface area (Å²) in [4.78, 5) is 4.14. The van der Waals surface area contributed by atoms with Crippen LogP contribution in [0.5, 0.6) is 5.75 Å². The van der Waals surface area contributed by atoms with Crippen LogP contribution < -0.4 is 4.74 Å². The molecule has 1 aliphatic carbocycles. The van der Waals surface area contributed by atoms with Gasteiger partial charge in [0.15, 0.2) is 0 Å². The number of imidazole rings is 1. The highest BCUT2D eigenvalue weighted by Crippen LogP contribution is 2.36. The lowest BCUT2D eigenvalue weighted by Crippen LogP contribution is -2.04. The zero-order valence-electron chi connectivity index (χ0n) is 9.64. The first-order valence-electron chi connectivity index (χ1n) is 5.82. The Morgan fingerprint density at radius 1 is 1.44 bits per heavy atom. The van der Waals surface area contributed by atoms with E-state index in [9.17, 15) is 4.39 Å². The van der Waals surface area contributed by atoms with Gasteiger partial charge in [0, 0.05) is 6.04 Å². The van der Waals surface area contributed by atoms with Gasteiger partial charge < -0.3 is 9.30 Å². The summed E-state index contributed by atoms with van der Waals surface area (Å²) >= 11 is 3.28. The number of halogens is 2. The molecule has 1 fully saturated rings. The van der Waals surface area contributed by atoms with E-state index in [4.69, 9.17) is 4.74 Å². The topological polar surface area (TPSA) is 27.1 Å². The Kier molecular flexibility index (Phi) is 3.07. The first-order valence-corrected chi connectivity index (χ1v) is 6.62. The van der Waals surface area contributed by atoms with Gasteiger partial charge in [-0.3, -0.25) is 0 Å². The van der Waals surface area contributed by atoms with E-state index in [-0.39, 0.29) is 5.82 Å². The van der Waals surface area contributed by atoms with Crippen molar-refractivity contribution in [2.45, 2.75) is 25.5 Å². The standard InChI is InChI=1S/C13H12BrFN2O/c14-12-5-9(15)1-4-13(12)18-7-11-6-16-8-17(11)10-2-3-10/h1,4-6,8,10H,2-3,7H2. The lowest BCUT2D eigenvalue weighted by atomic mass is 10.3. The number of rotatable bonds is 4. The molecule has 94 valence electrons. The molecule has 0 aliphatic heterocycles. The van der Waals surface area contributed by atoms with Crippen LogP contribution in [-0.4, -0.2) is 9.55 Å². The van der Waals surface area contributed by atoms with Crippen LogP contribution in [0.2, 0.25) is 0 Å². The summed E-state index contributed by atoms with van der Waals surface area (Å²) in [6, 6.07) is 4.99. The van der Waals surface area contributed by atoms with Gasteiger partial charge in [0.2, 0.25) is 0 Å². The van der Waals surface area contributed by atoms with Crippen molar-refractivity contribution in [1.29, 1.82) is 0 Å². The number of benzene rings is 1. The van der Waals surface area contributed by atoms with E-state index < -0.39 is 0 Å². The first-order chi connectivity index (χ1) is 8.74. The van der Waals surface area contributed by atoms with Crippen molar-refractivity contribution < 1.29 is 9.13 Å². The second kappa shape index (κ2) is 4.72. The minimum Gasteiger partial charge on any atom is -0.486 e. The molecule has 1 saturated carbocycles. The second-order valence-electron chi connectivity index (χ2n) is 4.39. The van der Waals surface area contributed by atoms with Crippen LogP contribution in [0, 0.1) is 5.82 Å². The van der Waals surface area contributed by atoms with E-state index in [1.54, 1.807) is 6.07 Å². The molecule has 0 unspecified atom stereocenters. The van der Waals surface area contributed by atoms with Gasteiger partial charge in [0.05, 0.1) is 22.7 Å². The van der Waals surface area contributed by atoms with Gasteiger partial charge in [-0.25, -0.2) is 9.37 Å². The molecule has 0 N–H and O–H groups in total. The molecule has 3 rings (SSSR count). The maximum absolute atomic E-state index is 12.9.